The molecule has 1 aromatic carbocycles. The van der Waals surface area contributed by atoms with Crippen molar-refractivity contribution in [2.75, 3.05) is 0 Å². The third-order valence-corrected chi connectivity index (χ3v) is 3.41. The maximum Gasteiger partial charge on any atom is 0.272 e. The summed E-state index contributed by atoms with van der Waals surface area (Å²) >= 11 is 0. The Kier molecular flexibility index (Phi) is 2.20. The molecule has 18 heavy (non-hydrogen) atoms. The first-order chi connectivity index (χ1) is 8.56. The van der Waals surface area contributed by atoms with E-state index in [-0.39, 0.29) is 10.6 Å². The summed E-state index contributed by atoms with van der Waals surface area (Å²) in [7, 11) is 0. The Hall–Kier alpha value is -2.23. The van der Waals surface area contributed by atoms with Gasteiger partial charge < -0.3 is 0 Å². The van der Waals surface area contributed by atoms with Crippen molar-refractivity contribution in [1.82, 2.24) is 4.98 Å². The van der Waals surface area contributed by atoms with Gasteiger partial charge in [0, 0.05) is 29.9 Å². The molecule has 0 fully saturated rings. The zero-order chi connectivity index (χ0) is 12.9. The number of nitro groups is 1. The molecule has 0 unspecified atom stereocenters. The zero-order valence-corrected chi connectivity index (χ0v) is 10.2. The highest BCUT2D eigenvalue weighted by molar-refractivity contribution is 5.79. The van der Waals surface area contributed by atoms with Crippen molar-refractivity contribution in [3.63, 3.8) is 0 Å². The van der Waals surface area contributed by atoms with Crippen LogP contribution in [0.2, 0.25) is 0 Å². The highest BCUT2D eigenvalue weighted by atomic mass is 16.6. The number of hydrogen-bond donors (Lipinski definition) is 0. The minimum Gasteiger partial charge on any atom is -0.261 e. The fourth-order valence-electron chi connectivity index (χ4n) is 2.53. The molecule has 0 amide bonds. The topological polar surface area (TPSA) is 56.0 Å². The van der Waals surface area contributed by atoms with E-state index in [1.807, 2.05) is 25.3 Å². The predicted octanol–water partition coefficient (Wildman–Crippen LogP) is 3.18. The van der Waals surface area contributed by atoms with E-state index in [1.165, 1.54) is 0 Å². The van der Waals surface area contributed by atoms with E-state index < -0.39 is 0 Å². The Morgan fingerprint density at radius 3 is 2.61 bits per heavy atom. The summed E-state index contributed by atoms with van der Waals surface area (Å²) in [4.78, 5) is 15.0. The molecule has 4 heteroatoms. The van der Waals surface area contributed by atoms with Gasteiger partial charge in [0.25, 0.3) is 5.69 Å². The molecule has 1 aliphatic carbocycles. The lowest BCUT2D eigenvalue weighted by molar-refractivity contribution is -0.385. The molecule has 0 atom stereocenters. The van der Waals surface area contributed by atoms with Crippen LogP contribution < -0.4 is 0 Å². The number of pyridine rings is 1. The van der Waals surface area contributed by atoms with Crippen molar-refractivity contribution in [1.29, 1.82) is 0 Å². The lowest BCUT2D eigenvalue weighted by atomic mass is 10.0. The average Bonchev–Trinajstić information content (AvgIpc) is 2.64. The number of benzene rings is 1. The highest BCUT2D eigenvalue weighted by Crippen LogP contribution is 2.39. The van der Waals surface area contributed by atoms with Gasteiger partial charge in [-0.05, 0) is 48.2 Å². The molecule has 0 spiro atoms. The highest BCUT2D eigenvalue weighted by Gasteiger charge is 2.23. The van der Waals surface area contributed by atoms with Crippen LogP contribution >= 0.6 is 0 Å². The van der Waals surface area contributed by atoms with Crippen molar-refractivity contribution < 1.29 is 4.92 Å². The maximum absolute atomic E-state index is 11.0. The average molecular weight is 240 g/mol. The number of nitrogens with zero attached hydrogens (tertiary/aromatic N) is 2. The molecule has 0 N–H and O–H groups in total. The second kappa shape index (κ2) is 3.63. The number of nitro benzene ring substituents is 1. The van der Waals surface area contributed by atoms with Crippen LogP contribution in [-0.2, 0) is 6.42 Å². The van der Waals surface area contributed by atoms with Crippen LogP contribution in [0.3, 0.4) is 0 Å². The molecule has 4 nitrogen and oxygen atoms in total. The van der Waals surface area contributed by atoms with Crippen LogP contribution in [-0.4, -0.2) is 9.91 Å². The van der Waals surface area contributed by atoms with E-state index >= 15 is 0 Å². The molecule has 0 saturated carbocycles. The number of hydrogen-bond acceptors (Lipinski definition) is 3. The Bertz CT molecular complexity index is 678. The first kappa shape index (κ1) is 10.9. The van der Waals surface area contributed by atoms with E-state index in [9.17, 15) is 10.1 Å². The van der Waals surface area contributed by atoms with Gasteiger partial charge in [0.05, 0.1) is 4.92 Å². The van der Waals surface area contributed by atoms with Crippen LogP contribution in [0.1, 0.15) is 22.4 Å². The summed E-state index contributed by atoms with van der Waals surface area (Å²) in [5, 5.41) is 11.0. The fraction of sp³-hybridized carbons (Fsp3) is 0.214. The third kappa shape index (κ3) is 1.49. The van der Waals surface area contributed by atoms with Gasteiger partial charge >= 0.3 is 0 Å². The minimum atomic E-state index is -0.318. The molecular formula is C14H12N2O2. The summed E-state index contributed by atoms with van der Waals surface area (Å²) in [6, 6.07) is 5.61. The lowest BCUT2D eigenvalue weighted by Gasteiger charge is -2.04. The van der Waals surface area contributed by atoms with Crippen molar-refractivity contribution in [3.8, 4) is 11.1 Å². The van der Waals surface area contributed by atoms with E-state index in [4.69, 9.17) is 0 Å². The van der Waals surface area contributed by atoms with Crippen LogP contribution in [0.15, 0.2) is 24.4 Å². The second-order valence-electron chi connectivity index (χ2n) is 4.71. The second-order valence-corrected chi connectivity index (χ2v) is 4.71. The van der Waals surface area contributed by atoms with Gasteiger partial charge in [0.1, 0.15) is 0 Å². The van der Waals surface area contributed by atoms with Crippen molar-refractivity contribution in [2.45, 2.75) is 20.3 Å². The third-order valence-electron chi connectivity index (χ3n) is 3.41. The van der Waals surface area contributed by atoms with Gasteiger partial charge in [-0.25, -0.2) is 0 Å². The van der Waals surface area contributed by atoms with Gasteiger partial charge in [-0.15, -0.1) is 0 Å². The quantitative estimate of drug-likeness (QED) is 0.485. The summed E-state index contributed by atoms with van der Waals surface area (Å²) in [6.07, 6.45) is 2.68. The first-order valence-corrected chi connectivity index (χ1v) is 5.80. The number of aromatic nitrogens is 1. The van der Waals surface area contributed by atoms with Gasteiger partial charge in [-0.1, -0.05) is 0 Å². The summed E-state index contributed by atoms with van der Waals surface area (Å²) < 4.78 is 0. The first-order valence-electron chi connectivity index (χ1n) is 5.80. The molecule has 2 aromatic rings. The summed E-state index contributed by atoms with van der Waals surface area (Å²) in [5.74, 6) is 0. The molecule has 1 aliphatic rings. The number of aryl methyl sites for hydroxylation is 2. The van der Waals surface area contributed by atoms with Crippen LogP contribution in [0.4, 0.5) is 5.69 Å². The normalized spacial score (nSPS) is 12.1. The van der Waals surface area contributed by atoms with E-state index in [0.29, 0.717) is 0 Å². The minimum absolute atomic E-state index is 0.191. The SMILES string of the molecule is Cc1cc2c(cn1)Cc1cc(C)c([N+](=O)[O-])cc1-2. The molecule has 0 saturated heterocycles. The maximum atomic E-state index is 11.0. The standard InChI is InChI=1S/C14H12N2O2/c1-8-3-10-5-11-7-15-9(2)4-12(11)13(10)6-14(8)16(17)18/h3-4,6-7H,5H2,1-2H3. The molecule has 1 aromatic heterocycles. The van der Waals surface area contributed by atoms with E-state index in [2.05, 4.69) is 4.98 Å². The van der Waals surface area contributed by atoms with E-state index in [0.717, 1.165) is 39.9 Å². The van der Waals surface area contributed by atoms with Gasteiger partial charge in [0.2, 0.25) is 0 Å². The van der Waals surface area contributed by atoms with Crippen molar-refractivity contribution >= 4 is 5.69 Å². The molecule has 1 heterocycles. The largest absolute Gasteiger partial charge is 0.272 e. The molecule has 0 aliphatic heterocycles. The lowest BCUT2D eigenvalue weighted by Crippen LogP contribution is -1.93. The summed E-state index contributed by atoms with van der Waals surface area (Å²) in [6.45, 7) is 3.71. The van der Waals surface area contributed by atoms with Crippen LogP contribution in [0, 0.1) is 24.0 Å². The summed E-state index contributed by atoms with van der Waals surface area (Å²) in [5.41, 5.74) is 6.21. The zero-order valence-electron chi connectivity index (χ0n) is 10.2. The molecular weight excluding hydrogens is 228 g/mol. The predicted molar refractivity (Wildman–Crippen MR) is 68.6 cm³/mol. The Labute approximate surface area is 104 Å². The van der Waals surface area contributed by atoms with Crippen molar-refractivity contribution in [3.05, 3.63) is 56.9 Å². The Balaban J connectivity index is 2.26. The van der Waals surface area contributed by atoms with Gasteiger partial charge in [-0.2, -0.15) is 0 Å². The molecule has 3 rings (SSSR count). The molecule has 0 radical (unpaired) electrons. The van der Waals surface area contributed by atoms with Crippen LogP contribution in [0.25, 0.3) is 11.1 Å². The molecule has 0 bridgehead atoms. The molecule has 90 valence electrons. The smallest absolute Gasteiger partial charge is 0.261 e. The van der Waals surface area contributed by atoms with Crippen molar-refractivity contribution in [2.24, 2.45) is 0 Å². The number of rotatable bonds is 1. The number of fused-ring (bicyclic) bond motifs is 3. The van der Waals surface area contributed by atoms with Crippen LogP contribution in [0.5, 0.6) is 0 Å². The Morgan fingerprint density at radius 2 is 1.89 bits per heavy atom. The van der Waals surface area contributed by atoms with E-state index in [1.54, 1.807) is 13.0 Å². The Morgan fingerprint density at radius 1 is 1.17 bits per heavy atom. The van der Waals surface area contributed by atoms with Gasteiger partial charge in [-0.3, -0.25) is 15.1 Å². The fourth-order valence-corrected chi connectivity index (χ4v) is 2.53. The monoisotopic (exact) mass is 240 g/mol. The van der Waals surface area contributed by atoms with Gasteiger partial charge in [0.15, 0.2) is 0 Å².